The molecule has 3 rings (SSSR count). The third kappa shape index (κ3) is 2.80. The molecule has 0 spiro atoms. The van der Waals surface area contributed by atoms with E-state index in [9.17, 15) is 19.5 Å². The predicted molar refractivity (Wildman–Crippen MR) is 85.6 cm³/mol. The molecule has 1 N–H and O–H groups in total. The molecule has 2 aromatic rings. The summed E-state index contributed by atoms with van der Waals surface area (Å²) in [6, 6.07) is 9.15. The van der Waals surface area contributed by atoms with Gasteiger partial charge in [0.05, 0.1) is 0 Å². The molecule has 2 heterocycles. The summed E-state index contributed by atoms with van der Waals surface area (Å²) in [5, 5.41) is 13.5. The zero-order chi connectivity index (χ0) is 17.3. The number of carboxylic acid groups (broad SMARTS) is 1. The maximum absolute atomic E-state index is 12.8. The van der Waals surface area contributed by atoms with Crippen LogP contribution in [0.1, 0.15) is 28.5 Å². The van der Waals surface area contributed by atoms with Crippen molar-refractivity contribution in [1.29, 1.82) is 0 Å². The molecule has 0 aliphatic carbocycles. The predicted octanol–water partition coefficient (Wildman–Crippen LogP) is 0.915. The van der Waals surface area contributed by atoms with Gasteiger partial charge in [0.1, 0.15) is 11.7 Å². The number of hydrogen-bond acceptors (Lipinski definition) is 4. The van der Waals surface area contributed by atoms with Crippen LogP contribution in [0.2, 0.25) is 0 Å². The van der Waals surface area contributed by atoms with E-state index >= 15 is 0 Å². The molecular formula is C17H17N3O4. The van der Waals surface area contributed by atoms with E-state index in [1.165, 1.54) is 21.7 Å². The summed E-state index contributed by atoms with van der Waals surface area (Å²) in [7, 11) is 0. The van der Waals surface area contributed by atoms with E-state index in [2.05, 4.69) is 5.10 Å². The fourth-order valence-corrected chi connectivity index (χ4v) is 2.89. The Balaban J connectivity index is 1.98. The van der Waals surface area contributed by atoms with Crippen molar-refractivity contribution in [2.45, 2.75) is 32.5 Å². The SMILES string of the molecule is CCn1nc(C(=O)N2Cc3ccccc3CC2C(=O)O)ccc1=O. The van der Waals surface area contributed by atoms with Crippen LogP contribution in [0, 0.1) is 0 Å². The van der Waals surface area contributed by atoms with Crippen LogP contribution < -0.4 is 5.56 Å². The summed E-state index contributed by atoms with van der Waals surface area (Å²) in [4.78, 5) is 37.3. The number of carboxylic acids is 1. The first-order valence-corrected chi connectivity index (χ1v) is 7.70. The van der Waals surface area contributed by atoms with E-state index < -0.39 is 17.9 Å². The van der Waals surface area contributed by atoms with E-state index in [1.54, 1.807) is 6.92 Å². The van der Waals surface area contributed by atoms with Crippen molar-refractivity contribution in [2.75, 3.05) is 0 Å². The van der Waals surface area contributed by atoms with Crippen LogP contribution in [-0.4, -0.2) is 37.7 Å². The van der Waals surface area contributed by atoms with E-state index in [0.717, 1.165) is 11.1 Å². The highest BCUT2D eigenvalue weighted by molar-refractivity contribution is 5.95. The summed E-state index contributed by atoms with van der Waals surface area (Å²) in [6.45, 7) is 2.30. The van der Waals surface area contributed by atoms with Crippen molar-refractivity contribution in [2.24, 2.45) is 0 Å². The number of carbonyl (C=O) groups excluding carboxylic acids is 1. The molecule has 7 nitrogen and oxygen atoms in total. The van der Waals surface area contributed by atoms with Crippen LogP contribution in [0.5, 0.6) is 0 Å². The number of amides is 1. The largest absolute Gasteiger partial charge is 0.480 e. The van der Waals surface area contributed by atoms with E-state index in [4.69, 9.17) is 0 Å². The lowest BCUT2D eigenvalue weighted by Gasteiger charge is -2.34. The van der Waals surface area contributed by atoms with Gasteiger partial charge in [0.25, 0.3) is 11.5 Å². The molecule has 0 fully saturated rings. The lowest BCUT2D eigenvalue weighted by Crippen LogP contribution is -2.49. The van der Waals surface area contributed by atoms with Gasteiger partial charge >= 0.3 is 5.97 Å². The Morgan fingerprint density at radius 2 is 1.92 bits per heavy atom. The molecule has 1 aliphatic rings. The molecule has 0 saturated heterocycles. The first-order chi connectivity index (χ1) is 11.5. The van der Waals surface area contributed by atoms with Crippen molar-refractivity contribution in [3.05, 3.63) is 63.6 Å². The molecule has 0 saturated carbocycles. The van der Waals surface area contributed by atoms with Crippen LogP contribution in [0.15, 0.2) is 41.2 Å². The smallest absolute Gasteiger partial charge is 0.326 e. The second-order valence-electron chi connectivity index (χ2n) is 5.63. The molecule has 1 amide bonds. The molecule has 1 aliphatic heterocycles. The van der Waals surface area contributed by atoms with E-state index in [-0.39, 0.29) is 24.2 Å². The molecule has 1 aromatic heterocycles. The van der Waals surface area contributed by atoms with Gasteiger partial charge in [-0.25, -0.2) is 9.48 Å². The van der Waals surface area contributed by atoms with Gasteiger partial charge in [0, 0.05) is 25.6 Å². The zero-order valence-electron chi connectivity index (χ0n) is 13.2. The van der Waals surface area contributed by atoms with Crippen molar-refractivity contribution in [3.8, 4) is 0 Å². The van der Waals surface area contributed by atoms with Gasteiger partial charge < -0.3 is 10.0 Å². The number of aromatic nitrogens is 2. The summed E-state index contributed by atoms with van der Waals surface area (Å²) >= 11 is 0. The Bertz CT molecular complexity index is 859. The fourth-order valence-electron chi connectivity index (χ4n) is 2.89. The number of aryl methyl sites for hydroxylation is 1. The lowest BCUT2D eigenvalue weighted by molar-refractivity contribution is -0.142. The minimum atomic E-state index is -1.05. The van der Waals surface area contributed by atoms with E-state index in [0.29, 0.717) is 6.54 Å². The fraction of sp³-hybridized carbons (Fsp3) is 0.294. The summed E-state index contributed by atoms with van der Waals surface area (Å²) < 4.78 is 1.18. The van der Waals surface area contributed by atoms with Crippen LogP contribution in [-0.2, 0) is 24.3 Å². The summed E-state index contributed by atoms with van der Waals surface area (Å²) in [5.41, 5.74) is 1.63. The Labute approximate surface area is 138 Å². The number of hydrogen-bond donors (Lipinski definition) is 1. The van der Waals surface area contributed by atoms with Gasteiger partial charge in [-0.3, -0.25) is 9.59 Å². The highest BCUT2D eigenvalue weighted by atomic mass is 16.4. The number of aliphatic carboxylic acids is 1. The normalized spacial score (nSPS) is 16.5. The van der Waals surface area contributed by atoms with Crippen molar-refractivity contribution >= 4 is 11.9 Å². The number of carbonyl (C=O) groups is 2. The molecule has 1 atom stereocenters. The Morgan fingerprint density at radius 3 is 2.58 bits per heavy atom. The average molecular weight is 327 g/mol. The average Bonchev–Trinajstić information content (AvgIpc) is 2.60. The number of fused-ring (bicyclic) bond motifs is 1. The van der Waals surface area contributed by atoms with Gasteiger partial charge in [-0.2, -0.15) is 5.10 Å². The first-order valence-electron chi connectivity index (χ1n) is 7.70. The molecule has 0 bridgehead atoms. The molecule has 1 aromatic carbocycles. The van der Waals surface area contributed by atoms with Gasteiger partial charge in [0.2, 0.25) is 0 Å². The lowest BCUT2D eigenvalue weighted by atomic mass is 9.93. The van der Waals surface area contributed by atoms with Gasteiger partial charge in [-0.1, -0.05) is 24.3 Å². The Morgan fingerprint density at radius 1 is 1.21 bits per heavy atom. The minimum Gasteiger partial charge on any atom is -0.480 e. The molecule has 7 heteroatoms. The zero-order valence-corrected chi connectivity index (χ0v) is 13.2. The van der Waals surface area contributed by atoms with Crippen LogP contribution in [0.4, 0.5) is 0 Å². The standard InChI is InChI=1S/C17H17N3O4/c1-2-20-15(21)8-7-13(18-20)16(22)19-10-12-6-4-3-5-11(12)9-14(19)17(23)24/h3-8,14H,2,9-10H2,1H3,(H,23,24). The molecule has 0 radical (unpaired) electrons. The Kier molecular flexibility index (Phi) is 4.16. The highest BCUT2D eigenvalue weighted by Gasteiger charge is 2.35. The number of nitrogens with zero attached hydrogens (tertiary/aromatic N) is 3. The highest BCUT2D eigenvalue weighted by Crippen LogP contribution is 2.24. The van der Waals surface area contributed by atoms with Gasteiger partial charge in [-0.15, -0.1) is 0 Å². The van der Waals surface area contributed by atoms with Crippen LogP contribution in [0.3, 0.4) is 0 Å². The van der Waals surface area contributed by atoms with Gasteiger partial charge in [-0.05, 0) is 24.1 Å². The first kappa shape index (κ1) is 15.9. The van der Waals surface area contributed by atoms with Crippen molar-refractivity contribution in [3.63, 3.8) is 0 Å². The maximum Gasteiger partial charge on any atom is 0.326 e. The number of benzene rings is 1. The third-order valence-electron chi connectivity index (χ3n) is 4.18. The third-order valence-corrected chi connectivity index (χ3v) is 4.18. The van der Waals surface area contributed by atoms with Gasteiger partial charge in [0.15, 0.2) is 0 Å². The quantitative estimate of drug-likeness (QED) is 0.905. The van der Waals surface area contributed by atoms with E-state index in [1.807, 2.05) is 24.3 Å². The minimum absolute atomic E-state index is 0.0714. The van der Waals surface area contributed by atoms with Crippen molar-refractivity contribution in [1.82, 2.24) is 14.7 Å². The maximum atomic E-state index is 12.8. The monoisotopic (exact) mass is 327 g/mol. The topological polar surface area (TPSA) is 92.5 Å². The second kappa shape index (κ2) is 6.27. The summed E-state index contributed by atoms with van der Waals surface area (Å²) in [6.07, 6.45) is 0.255. The van der Waals surface area contributed by atoms with Crippen molar-refractivity contribution < 1.29 is 14.7 Å². The Hall–Kier alpha value is -2.96. The van der Waals surface area contributed by atoms with Crippen LogP contribution in [0.25, 0.3) is 0 Å². The number of rotatable bonds is 3. The van der Waals surface area contributed by atoms with Crippen LogP contribution >= 0.6 is 0 Å². The summed E-state index contributed by atoms with van der Waals surface area (Å²) in [5.74, 6) is -1.54. The molecular weight excluding hydrogens is 310 g/mol. The molecule has 24 heavy (non-hydrogen) atoms. The molecule has 124 valence electrons. The second-order valence-corrected chi connectivity index (χ2v) is 5.63. The molecule has 1 unspecified atom stereocenters.